The van der Waals surface area contributed by atoms with Crippen molar-refractivity contribution >= 4 is 35.0 Å². The molecule has 0 spiro atoms. The summed E-state index contributed by atoms with van der Waals surface area (Å²) in [6.07, 6.45) is 2.47. The number of halogens is 3. The lowest BCUT2D eigenvalue weighted by molar-refractivity contribution is 0.0166. The smallest absolute Gasteiger partial charge is 0.300 e. The summed E-state index contributed by atoms with van der Waals surface area (Å²) in [6.45, 7) is 1.21. The second-order valence-electron chi connectivity index (χ2n) is 8.13. The van der Waals surface area contributed by atoms with E-state index < -0.39 is 29.9 Å². The topological polar surface area (TPSA) is 105 Å². The third kappa shape index (κ3) is 4.18. The van der Waals surface area contributed by atoms with Gasteiger partial charge in [-0.25, -0.2) is 8.70 Å². The van der Waals surface area contributed by atoms with Crippen molar-refractivity contribution in [3.63, 3.8) is 0 Å². The van der Waals surface area contributed by atoms with Gasteiger partial charge in [-0.2, -0.15) is 13.9 Å². The van der Waals surface area contributed by atoms with Gasteiger partial charge in [0.2, 0.25) is 0 Å². The number of amides is 1. The van der Waals surface area contributed by atoms with Crippen LogP contribution in [0, 0.1) is 18.2 Å². The summed E-state index contributed by atoms with van der Waals surface area (Å²) in [4.78, 5) is 13.6. The summed E-state index contributed by atoms with van der Waals surface area (Å²) >= 11 is 1.08. The highest BCUT2D eigenvalue weighted by Crippen LogP contribution is 2.36. The van der Waals surface area contributed by atoms with Crippen LogP contribution in [0.15, 0.2) is 40.6 Å². The van der Waals surface area contributed by atoms with Crippen molar-refractivity contribution in [3.05, 3.63) is 58.4 Å². The lowest BCUT2D eigenvalue weighted by Crippen LogP contribution is -2.44. The summed E-state index contributed by atoms with van der Waals surface area (Å²) in [5.41, 5.74) is 6.91. The fourth-order valence-corrected chi connectivity index (χ4v) is 5.07. The number of alkyl halides is 2. The first-order chi connectivity index (χ1) is 16.0. The van der Waals surface area contributed by atoms with Crippen molar-refractivity contribution in [2.45, 2.75) is 24.3 Å². The molecule has 4 N–H and O–H groups in total. The summed E-state index contributed by atoms with van der Waals surface area (Å²) in [5, 5.41) is 15.0. The molecule has 0 bridgehead atoms. The van der Waals surface area contributed by atoms with Crippen molar-refractivity contribution in [2.75, 3.05) is 13.1 Å². The molecule has 0 atom stereocenters. The average Bonchev–Trinajstić information content (AvgIpc) is 3.30. The molecule has 180 valence electrons. The second kappa shape index (κ2) is 8.84. The van der Waals surface area contributed by atoms with Gasteiger partial charge in [-0.1, -0.05) is 0 Å². The zero-order valence-corrected chi connectivity index (χ0v) is 19.6. The number of carbonyl (C=O) groups is 1. The number of aromatic nitrogens is 3. The molecule has 0 fully saturated rings. The van der Waals surface area contributed by atoms with Crippen LogP contribution >= 0.6 is 11.9 Å². The Labute approximate surface area is 198 Å². The zero-order valence-electron chi connectivity index (χ0n) is 18.8. The Bertz CT molecular complexity index is 1330. The minimum absolute atomic E-state index is 0.0423. The standard InChI is InChI=1S/C22H24F3N7OS/c1-12-18(34-32-10-14(7-26)20(27)22(24,25)11-32)6-17(30(12)2)21(33)28-9-15-16(23)5-4-13-8-29-31(3)19(13)15/h4-8,26H,9-11,27H2,1-3H3,(H,28,33). The van der Waals surface area contributed by atoms with Crippen LogP contribution in [0.25, 0.3) is 10.9 Å². The number of hydrogen-bond acceptors (Lipinski definition) is 6. The first-order valence-electron chi connectivity index (χ1n) is 10.4. The monoisotopic (exact) mass is 491 g/mol. The van der Waals surface area contributed by atoms with Crippen LogP contribution < -0.4 is 11.1 Å². The highest BCUT2D eigenvalue weighted by atomic mass is 32.2. The molecule has 12 heteroatoms. The fraction of sp³-hybridized carbons (Fsp3) is 0.318. The number of carbonyl (C=O) groups excluding carboxylic acids is 1. The molecule has 34 heavy (non-hydrogen) atoms. The Balaban J connectivity index is 1.53. The number of hydrogen-bond donors (Lipinski definition) is 3. The third-order valence-corrected chi connectivity index (χ3v) is 7.09. The number of benzene rings is 1. The number of nitrogens with zero attached hydrogens (tertiary/aromatic N) is 4. The van der Waals surface area contributed by atoms with Gasteiger partial charge < -0.3 is 21.0 Å². The Morgan fingerprint density at radius 2 is 2.12 bits per heavy atom. The van der Waals surface area contributed by atoms with E-state index >= 15 is 0 Å². The van der Waals surface area contributed by atoms with E-state index in [1.54, 1.807) is 48.6 Å². The number of aryl methyl sites for hydroxylation is 1. The van der Waals surface area contributed by atoms with Gasteiger partial charge in [0.05, 0.1) is 24.0 Å². The number of fused-ring (bicyclic) bond motifs is 1. The molecule has 0 saturated carbocycles. The third-order valence-electron chi connectivity index (χ3n) is 5.96. The van der Waals surface area contributed by atoms with E-state index in [0.717, 1.165) is 23.5 Å². The second-order valence-corrected chi connectivity index (χ2v) is 9.27. The molecule has 4 rings (SSSR count). The number of rotatable bonds is 6. The minimum atomic E-state index is -3.25. The van der Waals surface area contributed by atoms with Crippen molar-refractivity contribution in [1.82, 2.24) is 24.0 Å². The van der Waals surface area contributed by atoms with E-state index in [2.05, 4.69) is 10.4 Å². The lowest BCUT2D eigenvalue weighted by Gasteiger charge is -2.32. The SMILES string of the molecule is Cc1c(SN2CC(C=N)=C(N)C(F)(F)C2)cc(C(=O)NCc2c(F)ccc3cnn(C)c23)n1C. The molecular weight excluding hydrogens is 467 g/mol. The van der Waals surface area contributed by atoms with E-state index in [0.29, 0.717) is 27.4 Å². The minimum Gasteiger partial charge on any atom is -0.397 e. The van der Waals surface area contributed by atoms with Gasteiger partial charge in [0.25, 0.3) is 5.91 Å². The summed E-state index contributed by atoms with van der Waals surface area (Å²) in [7, 11) is 3.40. The van der Waals surface area contributed by atoms with Crippen LogP contribution in [0.3, 0.4) is 0 Å². The number of nitrogens with two attached hydrogens (primary N) is 1. The molecule has 0 saturated heterocycles. The maximum absolute atomic E-state index is 14.5. The van der Waals surface area contributed by atoms with Crippen molar-refractivity contribution in [1.29, 1.82) is 5.41 Å². The first-order valence-corrected chi connectivity index (χ1v) is 11.1. The van der Waals surface area contributed by atoms with E-state index in [1.807, 2.05) is 0 Å². The highest BCUT2D eigenvalue weighted by Gasteiger charge is 2.41. The molecular formula is C22H24F3N7OS. The van der Waals surface area contributed by atoms with Gasteiger partial charge in [0.1, 0.15) is 11.5 Å². The molecule has 2 aromatic heterocycles. The quantitative estimate of drug-likeness (QED) is 0.363. The van der Waals surface area contributed by atoms with E-state index in [1.165, 1.54) is 10.4 Å². The predicted octanol–water partition coefficient (Wildman–Crippen LogP) is 3.11. The van der Waals surface area contributed by atoms with Gasteiger partial charge in [0.15, 0.2) is 0 Å². The van der Waals surface area contributed by atoms with E-state index in [9.17, 15) is 18.0 Å². The molecule has 1 amide bonds. The summed E-state index contributed by atoms with van der Waals surface area (Å²) in [5.74, 6) is -4.13. The number of nitrogens with one attached hydrogen (secondary N) is 2. The summed E-state index contributed by atoms with van der Waals surface area (Å²) in [6, 6.07) is 4.58. The van der Waals surface area contributed by atoms with Crippen LogP contribution in [0.2, 0.25) is 0 Å². The van der Waals surface area contributed by atoms with E-state index in [-0.39, 0.29) is 18.7 Å². The fourth-order valence-electron chi connectivity index (χ4n) is 3.93. The molecule has 1 aliphatic rings. The molecule has 1 aliphatic heterocycles. The Kier molecular flexibility index (Phi) is 6.21. The van der Waals surface area contributed by atoms with Crippen molar-refractivity contribution in [2.24, 2.45) is 19.8 Å². The molecule has 8 nitrogen and oxygen atoms in total. The maximum Gasteiger partial charge on any atom is 0.300 e. The van der Waals surface area contributed by atoms with Crippen LogP contribution in [-0.4, -0.2) is 49.8 Å². The Morgan fingerprint density at radius 3 is 2.82 bits per heavy atom. The first kappa shape index (κ1) is 23.9. The molecule has 0 aliphatic carbocycles. The molecule has 3 aromatic rings. The predicted molar refractivity (Wildman–Crippen MR) is 124 cm³/mol. The van der Waals surface area contributed by atoms with Crippen molar-refractivity contribution < 1.29 is 18.0 Å². The van der Waals surface area contributed by atoms with Crippen LogP contribution in [-0.2, 0) is 20.6 Å². The highest BCUT2D eigenvalue weighted by molar-refractivity contribution is 7.97. The maximum atomic E-state index is 14.5. The Morgan fingerprint density at radius 1 is 1.38 bits per heavy atom. The normalized spacial score (nSPS) is 16.3. The van der Waals surface area contributed by atoms with Crippen LogP contribution in [0.5, 0.6) is 0 Å². The van der Waals surface area contributed by atoms with Gasteiger partial charge in [0, 0.05) is 60.5 Å². The van der Waals surface area contributed by atoms with Gasteiger partial charge in [-0.3, -0.25) is 9.48 Å². The molecule has 0 radical (unpaired) electrons. The van der Waals surface area contributed by atoms with Gasteiger partial charge in [-0.15, -0.1) is 0 Å². The largest absolute Gasteiger partial charge is 0.397 e. The van der Waals surface area contributed by atoms with Gasteiger partial charge in [-0.05, 0) is 37.1 Å². The molecule has 0 unspecified atom stereocenters. The van der Waals surface area contributed by atoms with Gasteiger partial charge >= 0.3 is 5.92 Å². The zero-order chi connectivity index (χ0) is 24.8. The Hall–Kier alpha value is -3.25. The average molecular weight is 492 g/mol. The molecule has 3 heterocycles. The van der Waals surface area contributed by atoms with Crippen LogP contribution in [0.4, 0.5) is 13.2 Å². The van der Waals surface area contributed by atoms with Crippen LogP contribution in [0.1, 0.15) is 21.7 Å². The summed E-state index contributed by atoms with van der Waals surface area (Å²) < 4.78 is 47.6. The lowest BCUT2D eigenvalue weighted by atomic mass is 10.1. The van der Waals surface area contributed by atoms with E-state index in [4.69, 9.17) is 11.1 Å². The molecule has 1 aromatic carbocycles. The van der Waals surface area contributed by atoms with Crippen molar-refractivity contribution in [3.8, 4) is 0 Å².